The van der Waals surface area contributed by atoms with Gasteiger partial charge in [0.1, 0.15) is 0 Å². The molecule has 8 nitrogen and oxygen atoms in total. The third-order valence-corrected chi connectivity index (χ3v) is 0. The summed E-state index contributed by atoms with van der Waals surface area (Å²) in [5.41, 5.74) is 0. The first kappa shape index (κ1) is 23.2. The molecule has 0 bridgehead atoms. The Balaban J connectivity index is -0.00000000813. The van der Waals surface area contributed by atoms with E-state index in [1.54, 1.807) is 0 Å². The minimum absolute atomic E-state index is 0. The van der Waals surface area contributed by atoms with Crippen molar-refractivity contribution in [2.24, 2.45) is 23.4 Å². The fourth-order valence-corrected chi connectivity index (χ4v) is 0. The Morgan fingerprint density at radius 2 is 1.33 bits per heavy atom. The van der Waals surface area contributed by atoms with Crippen LogP contribution in [0.25, 0.3) is 0 Å². The summed E-state index contributed by atoms with van der Waals surface area (Å²) < 4.78 is 0. The fourth-order valence-electron chi connectivity index (χ4n) is 0. The Morgan fingerprint density at radius 3 is 1.33 bits per heavy atom. The maximum absolute atomic E-state index is 8.36. The number of nitrogens with zero attached hydrogens (tertiary/aromatic N) is 1. The van der Waals surface area contributed by atoms with Crippen LogP contribution in [0.1, 0.15) is 2.85 Å². The van der Waals surface area contributed by atoms with Crippen LogP contribution >= 0.6 is 0 Å². The van der Waals surface area contributed by atoms with Gasteiger partial charge < -0.3 is 8.06 Å². The predicted molar refractivity (Wildman–Crippen MR) is 33.5 cm³/mol. The third kappa shape index (κ3) is 7010. The summed E-state index contributed by atoms with van der Waals surface area (Å²) in [6.45, 7) is 0. The molecule has 0 atom stereocenters. The molecular formula is H11MgN5O3. The number of rotatable bonds is 0. The van der Waals surface area contributed by atoms with Gasteiger partial charge >= 0.3 is 23.1 Å². The monoisotopic (exact) mass is 153 g/mol. The second-order valence-corrected chi connectivity index (χ2v) is 0.238. The van der Waals surface area contributed by atoms with Crippen LogP contribution in [0, 0.1) is 10.1 Å². The molecule has 56 valence electrons. The summed E-state index contributed by atoms with van der Waals surface area (Å²) in [7, 11) is 0. The van der Waals surface area contributed by atoms with Crippen molar-refractivity contribution in [3.63, 3.8) is 0 Å². The molecule has 0 aromatic heterocycles. The normalized spacial score (nSPS) is 4.00. The average molecular weight is 153 g/mol. The Morgan fingerprint density at radius 1 is 1.33 bits per heavy atom. The van der Waals surface area contributed by atoms with E-state index in [0.717, 1.165) is 0 Å². The molecule has 9 heavy (non-hydrogen) atoms. The molecule has 0 fully saturated rings. The summed E-state index contributed by atoms with van der Waals surface area (Å²) in [6.07, 6.45) is 0. The Labute approximate surface area is 70.3 Å². The molecule has 0 rings (SSSR count). The Hall–Kier alpha value is -0.194. The standard InChI is InChI=1S/Mg.2H4N2.HNO3.2H/c;2*1-2;2-1(3)4;;/h;2*1-2H2;(H,2,3,4);;/q+2;;;;2*-1. The van der Waals surface area contributed by atoms with Crippen LogP contribution in [-0.4, -0.2) is 33.3 Å². The molecular weight excluding hydrogens is 142 g/mol. The van der Waals surface area contributed by atoms with Crippen molar-refractivity contribution in [2.45, 2.75) is 0 Å². The van der Waals surface area contributed by atoms with E-state index in [0.29, 0.717) is 0 Å². The minimum atomic E-state index is -1.50. The van der Waals surface area contributed by atoms with Gasteiger partial charge in [0.05, 0.1) is 0 Å². The molecule has 0 spiro atoms. The summed E-state index contributed by atoms with van der Waals surface area (Å²) in [4.78, 5) is 8.36. The second kappa shape index (κ2) is 45.9. The average Bonchev–Trinajstić information content (AvgIpc) is 1.75. The van der Waals surface area contributed by atoms with E-state index in [1.165, 1.54) is 0 Å². The van der Waals surface area contributed by atoms with Gasteiger partial charge in [-0.05, 0) is 0 Å². The molecule has 0 aliphatic rings. The van der Waals surface area contributed by atoms with E-state index in [-0.39, 0.29) is 25.9 Å². The van der Waals surface area contributed by atoms with Crippen molar-refractivity contribution in [1.29, 1.82) is 0 Å². The SMILES string of the molecule is NN.NN.O=[N+]([O-])O.[H-].[H-].[Mg+2]. The van der Waals surface area contributed by atoms with Gasteiger partial charge in [-0.2, -0.15) is 0 Å². The zero-order valence-electron chi connectivity index (χ0n) is 6.73. The van der Waals surface area contributed by atoms with Crippen LogP contribution in [0.4, 0.5) is 0 Å². The van der Waals surface area contributed by atoms with Crippen molar-refractivity contribution in [2.75, 3.05) is 0 Å². The molecule has 0 aliphatic heterocycles. The van der Waals surface area contributed by atoms with Gasteiger partial charge in [0, 0.05) is 0 Å². The van der Waals surface area contributed by atoms with E-state index in [9.17, 15) is 0 Å². The van der Waals surface area contributed by atoms with Gasteiger partial charge in [-0.15, -0.1) is 10.1 Å². The van der Waals surface area contributed by atoms with E-state index >= 15 is 0 Å². The van der Waals surface area contributed by atoms with Crippen LogP contribution in [0.5, 0.6) is 0 Å². The number of hydrogen-bond donors (Lipinski definition) is 5. The van der Waals surface area contributed by atoms with E-state index in [2.05, 4.69) is 23.4 Å². The zero-order valence-corrected chi connectivity index (χ0v) is 6.14. The minimum Gasteiger partial charge on any atom is -1.00 e. The quantitative estimate of drug-likeness (QED) is 0.108. The number of nitrogens with two attached hydrogens (primary N) is 4. The topological polar surface area (TPSA) is 167 Å². The van der Waals surface area contributed by atoms with E-state index < -0.39 is 5.09 Å². The van der Waals surface area contributed by atoms with Crippen LogP contribution in [-0.2, 0) is 0 Å². The van der Waals surface area contributed by atoms with Crippen molar-refractivity contribution in [3.8, 4) is 0 Å². The van der Waals surface area contributed by atoms with Crippen molar-refractivity contribution < 1.29 is 13.1 Å². The van der Waals surface area contributed by atoms with E-state index in [1.807, 2.05) is 0 Å². The van der Waals surface area contributed by atoms with Crippen molar-refractivity contribution in [1.82, 2.24) is 0 Å². The van der Waals surface area contributed by atoms with Gasteiger partial charge in [-0.3, -0.25) is 23.4 Å². The maximum atomic E-state index is 8.36. The third-order valence-electron chi connectivity index (χ3n) is 0. The molecule has 0 amide bonds. The number of hydrogen-bond acceptors (Lipinski definition) is 6. The molecule has 9 heteroatoms. The first-order chi connectivity index (χ1) is 3.73. The maximum Gasteiger partial charge on any atom is 2.00 e. The molecule has 9 N–H and O–H groups in total. The largest absolute Gasteiger partial charge is 2.00 e. The summed E-state index contributed by atoms with van der Waals surface area (Å²) >= 11 is 0. The molecule has 0 aromatic rings. The summed E-state index contributed by atoms with van der Waals surface area (Å²) in [5.74, 6) is 16.0. The molecule has 0 aromatic carbocycles. The van der Waals surface area contributed by atoms with E-state index in [4.69, 9.17) is 15.3 Å². The molecule has 0 unspecified atom stereocenters. The fraction of sp³-hybridized carbons (Fsp3) is 0. The summed E-state index contributed by atoms with van der Waals surface area (Å²) in [5, 5.41) is 13.6. The molecule has 0 aliphatic carbocycles. The number of hydrazine groups is 2. The second-order valence-electron chi connectivity index (χ2n) is 0.238. The first-order valence-electron chi connectivity index (χ1n) is 1.23. The zero-order chi connectivity index (χ0) is 7.58. The molecule has 0 radical (unpaired) electrons. The van der Waals surface area contributed by atoms with Crippen LogP contribution in [0.2, 0.25) is 0 Å². The van der Waals surface area contributed by atoms with Crippen LogP contribution in [0.15, 0.2) is 0 Å². The van der Waals surface area contributed by atoms with Gasteiger partial charge in [-0.1, -0.05) is 0 Å². The van der Waals surface area contributed by atoms with Gasteiger partial charge in [0.2, 0.25) is 0 Å². The van der Waals surface area contributed by atoms with Crippen LogP contribution in [0.3, 0.4) is 0 Å². The summed E-state index contributed by atoms with van der Waals surface area (Å²) in [6, 6.07) is 0. The van der Waals surface area contributed by atoms with Crippen molar-refractivity contribution >= 4 is 23.1 Å². The van der Waals surface area contributed by atoms with Gasteiger partial charge in [0.15, 0.2) is 0 Å². The van der Waals surface area contributed by atoms with Gasteiger partial charge in [-0.25, -0.2) is 0 Å². The van der Waals surface area contributed by atoms with Crippen molar-refractivity contribution in [3.05, 3.63) is 10.1 Å². The van der Waals surface area contributed by atoms with Gasteiger partial charge in [0.25, 0.3) is 5.09 Å². The molecule has 0 saturated carbocycles. The molecule has 0 heterocycles. The van der Waals surface area contributed by atoms with Crippen LogP contribution < -0.4 is 23.4 Å². The first-order valence-corrected chi connectivity index (χ1v) is 1.23. The Bertz CT molecular complexity index is 42.7. The predicted octanol–water partition coefficient (Wildman–Crippen LogP) is -2.87. The smallest absolute Gasteiger partial charge is 1.00 e. The Kier molecular flexibility index (Phi) is 119. The molecule has 0 saturated heterocycles.